The van der Waals surface area contributed by atoms with Gasteiger partial charge in [-0.2, -0.15) is 0 Å². The van der Waals surface area contributed by atoms with E-state index in [0.717, 1.165) is 5.46 Å². The largest absolute Gasteiger partial charge is 0.498 e. The van der Waals surface area contributed by atoms with Gasteiger partial charge < -0.3 is 23.5 Å². The summed E-state index contributed by atoms with van der Waals surface area (Å²) in [6.45, 7) is 12.2. The predicted octanol–water partition coefficient (Wildman–Crippen LogP) is 2.57. The molecule has 0 aromatic heterocycles. The van der Waals surface area contributed by atoms with Crippen LogP contribution >= 0.6 is 0 Å². The summed E-state index contributed by atoms with van der Waals surface area (Å²) in [5.41, 5.74) is -0.0864. The molecule has 0 unspecified atom stereocenters. The summed E-state index contributed by atoms with van der Waals surface area (Å²) >= 11 is 0. The molecule has 7 heteroatoms. The Hall–Kier alpha value is -1.73. The molecule has 6 nitrogen and oxygen atoms in total. The number of rotatable bonds is 7. The molecule has 1 aromatic rings. The Morgan fingerprint density at radius 1 is 1.15 bits per heavy atom. The van der Waals surface area contributed by atoms with Crippen LogP contribution in [0.25, 0.3) is 0 Å². The number of benzene rings is 1. The molecule has 1 heterocycles. The van der Waals surface area contributed by atoms with E-state index in [1.807, 2.05) is 47.6 Å². The lowest BCUT2D eigenvalue weighted by Gasteiger charge is -2.32. The third kappa shape index (κ3) is 4.71. The molecule has 0 amide bonds. The first-order valence-electron chi connectivity index (χ1n) is 8.87. The van der Waals surface area contributed by atoms with Crippen LogP contribution in [0.3, 0.4) is 0 Å². The van der Waals surface area contributed by atoms with Gasteiger partial charge in [-0.15, -0.1) is 0 Å². The van der Waals surface area contributed by atoms with Crippen molar-refractivity contribution in [1.29, 1.82) is 0 Å². The molecule has 1 aliphatic heterocycles. The van der Waals surface area contributed by atoms with Crippen molar-refractivity contribution in [3.05, 3.63) is 18.2 Å². The molecule has 0 spiro atoms. The molecule has 0 aliphatic carbocycles. The Morgan fingerprint density at radius 2 is 1.77 bits per heavy atom. The van der Waals surface area contributed by atoms with E-state index in [-0.39, 0.29) is 6.61 Å². The first-order chi connectivity index (χ1) is 12.1. The van der Waals surface area contributed by atoms with Crippen LogP contribution in [0.4, 0.5) is 0 Å². The molecule has 2 rings (SSSR count). The molecule has 0 N–H and O–H groups in total. The zero-order valence-electron chi connectivity index (χ0n) is 16.8. The summed E-state index contributed by atoms with van der Waals surface area (Å²) in [5, 5.41) is 0. The third-order valence-corrected chi connectivity index (χ3v) is 4.65. The molecule has 26 heavy (non-hydrogen) atoms. The normalized spacial score (nSPS) is 18.1. The summed E-state index contributed by atoms with van der Waals surface area (Å²) in [7, 11) is 1.05. The van der Waals surface area contributed by atoms with Crippen LogP contribution in [0, 0.1) is 5.92 Å². The first-order valence-corrected chi connectivity index (χ1v) is 8.87. The summed E-state index contributed by atoms with van der Waals surface area (Å²) in [6, 6.07) is 5.31. The van der Waals surface area contributed by atoms with E-state index in [1.165, 1.54) is 0 Å². The van der Waals surface area contributed by atoms with Gasteiger partial charge in [0.05, 0.1) is 24.9 Å². The third-order valence-electron chi connectivity index (χ3n) is 4.65. The molecular weight excluding hydrogens is 335 g/mol. The lowest BCUT2D eigenvalue weighted by atomic mass is 9.78. The van der Waals surface area contributed by atoms with Gasteiger partial charge in [0.1, 0.15) is 11.5 Å². The lowest BCUT2D eigenvalue weighted by Crippen LogP contribution is -2.41. The van der Waals surface area contributed by atoms with E-state index < -0.39 is 24.3 Å². The van der Waals surface area contributed by atoms with Crippen LogP contribution in [0.15, 0.2) is 18.2 Å². The van der Waals surface area contributed by atoms with E-state index in [1.54, 1.807) is 19.2 Å². The molecule has 1 fully saturated rings. The highest BCUT2D eigenvalue weighted by molar-refractivity contribution is 6.63. The van der Waals surface area contributed by atoms with E-state index >= 15 is 0 Å². The maximum atomic E-state index is 11.7. The van der Waals surface area contributed by atoms with Gasteiger partial charge in [-0.3, -0.25) is 0 Å². The highest BCUT2D eigenvalue weighted by Crippen LogP contribution is 2.37. The van der Waals surface area contributed by atoms with Crippen LogP contribution in [0.2, 0.25) is 0 Å². The number of carbonyl (C=O) groups excluding carboxylic acids is 1. The van der Waals surface area contributed by atoms with Crippen molar-refractivity contribution >= 4 is 18.6 Å². The van der Waals surface area contributed by atoms with Crippen molar-refractivity contribution in [2.75, 3.05) is 20.3 Å². The molecule has 0 bridgehead atoms. The summed E-state index contributed by atoms with van der Waals surface area (Å²) < 4.78 is 28.2. The molecule has 1 saturated heterocycles. The monoisotopic (exact) mass is 364 g/mol. The van der Waals surface area contributed by atoms with Gasteiger partial charge in [0, 0.05) is 11.5 Å². The number of ether oxygens (including phenoxy) is 3. The number of methoxy groups -OCH3 is 1. The topological polar surface area (TPSA) is 63.2 Å². The highest BCUT2D eigenvalue weighted by atomic mass is 16.7. The SMILES string of the molecule is COc1cc(OCC(=O)OCC(C)C)ccc1B1OC(C)(C)C(C)(C)O1. The van der Waals surface area contributed by atoms with Crippen molar-refractivity contribution in [3.8, 4) is 11.5 Å². The average molecular weight is 364 g/mol. The average Bonchev–Trinajstić information content (AvgIpc) is 2.78. The number of carbonyl (C=O) groups is 1. The molecule has 1 aromatic carbocycles. The minimum Gasteiger partial charge on any atom is -0.497 e. The Bertz CT molecular complexity index is 625. The number of hydrogen-bond acceptors (Lipinski definition) is 6. The van der Waals surface area contributed by atoms with Gasteiger partial charge >= 0.3 is 13.1 Å². The minimum absolute atomic E-state index is 0.147. The van der Waals surface area contributed by atoms with Gasteiger partial charge in [0.15, 0.2) is 6.61 Å². The van der Waals surface area contributed by atoms with Crippen LogP contribution < -0.4 is 14.9 Å². The van der Waals surface area contributed by atoms with Gasteiger partial charge in [-0.05, 0) is 39.7 Å². The lowest BCUT2D eigenvalue weighted by molar-refractivity contribution is -0.147. The van der Waals surface area contributed by atoms with E-state index in [4.69, 9.17) is 23.5 Å². The zero-order valence-corrected chi connectivity index (χ0v) is 16.8. The Balaban J connectivity index is 2.05. The van der Waals surface area contributed by atoms with Crippen LogP contribution in [0.1, 0.15) is 41.5 Å². The van der Waals surface area contributed by atoms with E-state index in [9.17, 15) is 4.79 Å². The maximum absolute atomic E-state index is 11.7. The summed E-state index contributed by atoms with van der Waals surface area (Å²) in [6.07, 6.45) is 0. The summed E-state index contributed by atoms with van der Waals surface area (Å²) in [4.78, 5) is 11.7. The fraction of sp³-hybridized carbons (Fsp3) is 0.632. The van der Waals surface area contributed by atoms with E-state index in [2.05, 4.69) is 0 Å². The molecule has 1 aliphatic rings. The van der Waals surface area contributed by atoms with Crippen molar-refractivity contribution in [3.63, 3.8) is 0 Å². The Kier molecular flexibility index (Phi) is 6.24. The van der Waals surface area contributed by atoms with Crippen molar-refractivity contribution in [1.82, 2.24) is 0 Å². The van der Waals surface area contributed by atoms with Gasteiger partial charge in [-0.1, -0.05) is 19.9 Å². The molecular formula is C19H29BO6. The second-order valence-electron chi connectivity index (χ2n) is 7.86. The smallest absolute Gasteiger partial charge is 0.497 e. The minimum atomic E-state index is -0.528. The van der Waals surface area contributed by atoms with Crippen molar-refractivity contribution in [2.45, 2.75) is 52.7 Å². The Morgan fingerprint density at radius 3 is 2.31 bits per heavy atom. The molecule has 0 atom stereocenters. The standard InChI is InChI=1S/C19H29BO6/c1-13(2)11-24-17(21)12-23-14-8-9-15(16(10-14)22-7)20-25-18(3,4)19(5,6)26-20/h8-10,13H,11-12H2,1-7H3. The van der Waals surface area contributed by atoms with Crippen molar-refractivity contribution < 1.29 is 28.3 Å². The second kappa shape index (κ2) is 7.88. The van der Waals surface area contributed by atoms with E-state index in [0.29, 0.717) is 24.0 Å². The second-order valence-corrected chi connectivity index (χ2v) is 7.86. The fourth-order valence-electron chi connectivity index (χ4n) is 2.39. The van der Waals surface area contributed by atoms with Crippen molar-refractivity contribution in [2.24, 2.45) is 5.92 Å². The van der Waals surface area contributed by atoms with Crippen LogP contribution in [-0.4, -0.2) is 44.6 Å². The predicted molar refractivity (Wildman–Crippen MR) is 100 cm³/mol. The van der Waals surface area contributed by atoms with Crippen LogP contribution in [-0.2, 0) is 18.8 Å². The summed E-state index contributed by atoms with van der Waals surface area (Å²) in [5.74, 6) is 0.992. The van der Waals surface area contributed by atoms with Gasteiger partial charge in [0.2, 0.25) is 0 Å². The highest BCUT2D eigenvalue weighted by Gasteiger charge is 2.52. The van der Waals surface area contributed by atoms with Gasteiger partial charge in [-0.25, -0.2) is 4.79 Å². The quantitative estimate of drug-likeness (QED) is 0.547. The fourth-order valence-corrected chi connectivity index (χ4v) is 2.39. The molecule has 0 saturated carbocycles. The number of esters is 1. The maximum Gasteiger partial charge on any atom is 0.498 e. The molecule has 144 valence electrons. The van der Waals surface area contributed by atoms with Gasteiger partial charge in [0.25, 0.3) is 0 Å². The number of hydrogen-bond donors (Lipinski definition) is 0. The molecule has 0 radical (unpaired) electrons. The van der Waals surface area contributed by atoms with Crippen LogP contribution in [0.5, 0.6) is 11.5 Å². The zero-order chi connectivity index (χ0) is 19.5. The first kappa shape index (κ1) is 20.6. The Labute approximate surface area is 156 Å².